The maximum atomic E-state index is 11.7. The first kappa shape index (κ1) is 16.6. The fourth-order valence-electron chi connectivity index (χ4n) is 2.22. The van der Waals surface area contributed by atoms with Gasteiger partial charge in [-0.3, -0.25) is 0 Å². The van der Waals surface area contributed by atoms with Crippen molar-refractivity contribution in [3.8, 4) is 0 Å². The van der Waals surface area contributed by atoms with Crippen molar-refractivity contribution >= 4 is 22.0 Å². The maximum absolute atomic E-state index is 11.7. The molecule has 2 rings (SSSR count). The van der Waals surface area contributed by atoms with E-state index in [-0.39, 0.29) is 6.03 Å². The first-order valence-electron chi connectivity index (χ1n) is 7.45. The largest absolute Gasteiger partial charge is 0.338 e. The van der Waals surface area contributed by atoms with Gasteiger partial charge in [0.1, 0.15) is 0 Å². The van der Waals surface area contributed by atoms with Crippen molar-refractivity contribution in [1.29, 1.82) is 0 Å². The number of carbonyl (C=O) groups excluding carboxylic acids is 1. The lowest BCUT2D eigenvalue weighted by molar-refractivity contribution is 0.241. The normalized spacial score (nSPS) is 10.3. The van der Waals surface area contributed by atoms with E-state index in [1.807, 2.05) is 18.2 Å². The molecule has 0 heterocycles. The van der Waals surface area contributed by atoms with Gasteiger partial charge in [-0.15, -0.1) is 0 Å². The minimum Gasteiger partial charge on any atom is -0.338 e. The molecule has 0 aromatic heterocycles. The first-order valence-corrected chi connectivity index (χ1v) is 8.24. The molecule has 2 aromatic rings. The molecule has 0 aliphatic rings. The smallest absolute Gasteiger partial charge is 0.314 e. The summed E-state index contributed by atoms with van der Waals surface area (Å²) in [5.41, 5.74) is 3.70. The molecule has 3 nitrogen and oxygen atoms in total. The Morgan fingerprint density at radius 3 is 2.23 bits per heavy atom. The highest BCUT2D eigenvalue weighted by molar-refractivity contribution is 9.10. The van der Waals surface area contributed by atoms with E-state index in [1.165, 1.54) is 16.7 Å². The fraction of sp³-hybridized carbons (Fsp3) is 0.278. The number of urea groups is 1. The Morgan fingerprint density at radius 2 is 1.59 bits per heavy atom. The highest BCUT2D eigenvalue weighted by Gasteiger charge is 2.00. The molecule has 4 heteroatoms. The lowest BCUT2D eigenvalue weighted by atomic mass is 10.1. The summed E-state index contributed by atoms with van der Waals surface area (Å²) in [6.45, 7) is 3.36. The molecule has 2 N–H and O–H groups in total. The minimum atomic E-state index is -0.107. The summed E-state index contributed by atoms with van der Waals surface area (Å²) in [5.74, 6) is 0. The number of aryl methyl sites for hydroxylation is 1. The van der Waals surface area contributed by atoms with E-state index in [0.717, 1.165) is 17.3 Å². The van der Waals surface area contributed by atoms with Crippen LogP contribution in [0.5, 0.6) is 0 Å². The highest BCUT2D eigenvalue weighted by atomic mass is 79.9. The average molecular weight is 361 g/mol. The zero-order chi connectivity index (χ0) is 15.8. The lowest BCUT2D eigenvalue weighted by Gasteiger charge is -2.08. The summed E-state index contributed by atoms with van der Waals surface area (Å²) in [4.78, 5) is 11.7. The van der Waals surface area contributed by atoms with Gasteiger partial charge in [0.25, 0.3) is 0 Å². The van der Waals surface area contributed by atoms with Crippen LogP contribution in [0.3, 0.4) is 0 Å². The van der Waals surface area contributed by atoms with E-state index in [0.29, 0.717) is 13.1 Å². The molecular weight excluding hydrogens is 340 g/mol. The van der Waals surface area contributed by atoms with Gasteiger partial charge in [-0.05, 0) is 43.0 Å². The summed E-state index contributed by atoms with van der Waals surface area (Å²) in [7, 11) is 0. The Hall–Kier alpha value is -1.81. The van der Waals surface area contributed by atoms with Crippen LogP contribution in [-0.2, 0) is 12.8 Å². The van der Waals surface area contributed by atoms with E-state index in [2.05, 4.69) is 63.8 Å². The predicted octanol–water partition coefficient (Wildman–Crippen LogP) is 3.84. The van der Waals surface area contributed by atoms with Crippen LogP contribution >= 0.6 is 15.9 Å². The Balaban J connectivity index is 1.62. The van der Waals surface area contributed by atoms with Gasteiger partial charge < -0.3 is 10.6 Å². The number of rotatable bonds is 6. The quantitative estimate of drug-likeness (QED) is 0.807. The molecule has 0 unspecified atom stereocenters. The molecule has 0 aliphatic heterocycles. The molecule has 0 saturated carbocycles. The molecule has 116 valence electrons. The van der Waals surface area contributed by atoms with Gasteiger partial charge in [0.05, 0.1) is 0 Å². The SMILES string of the molecule is Cc1cccc(CCNC(=O)NCCc2ccc(Br)cc2)c1. The molecule has 0 aliphatic carbocycles. The second-order valence-corrected chi connectivity index (χ2v) is 6.21. The van der Waals surface area contributed by atoms with Crippen LogP contribution in [0.1, 0.15) is 16.7 Å². The first-order chi connectivity index (χ1) is 10.6. The van der Waals surface area contributed by atoms with Gasteiger partial charge in [0.15, 0.2) is 0 Å². The third kappa shape index (κ3) is 5.90. The van der Waals surface area contributed by atoms with Gasteiger partial charge in [0, 0.05) is 17.6 Å². The zero-order valence-electron chi connectivity index (χ0n) is 12.7. The molecule has 22 heavy (non-hydrogen) atoms. The third-order valence-corrected chi connectivity index (χ3v) is 3.92. The van der Waals surface area contributed by atoms with Crippen LogP contribution in [-0.4, -0.2) is 19.1 Å². The maximum Gasteiger partial charge on any atom is 0.314 e. The lowest BCUT2D eigenvalue weighted by Crippen LogP contribution is -2.37. The van der Waals surface area contributed by atoms with Crippen LogP contribution in [0.15, 0.2) is 53.0 Å². The molecule has 2 amide bonds. The van der Waals surface area contributed by atoms with Crippen molar-refractivity contribution in [3.05, 3.63) is 69.7 Å². The van der Waals surface area contributed by atoms with Crippen molar-refractivity contribution < 1.29 is 4.79 Å². The highest BCUT2D eigenvalue weighted by Crippen LogP contribution is 2.10. The summed E-state index contributed by atoms with van der Waals surface area (Å²) >= 11 is 3.41. The van der Waals surface area contributed by atoms with Crippen LogP contribution in [0.2, 0.25) is 0 Å². The van der Waals surface area contributed by atoms with E-state index < -0.39 is 0 Å². The Labute approximate surface area is 140 Å². The second-order valence-electron chi connectivity index (χ2n) is 5.30. The van der Waals surface area contributed by atoms with Crippen LogP contribution in [0.25, 0.3) is 0 Å². The van der Waals surface area contributed by atoms with E-state index in [1.54, 1.807) is 0 Å². The number of nitrogens with one attached hydrogen (secondary N) is 2. The van der Waals surface area contributed by atoms with Gasteiger partial charge >= 0.3 is 6.03 Å². The van der Waals surface area contributed by atoms with E-state index in [9.17, 15) is 4.79 Å². The topological polar surface area (TPSA) is 41.1 Å². The molecule has 0 radical (unpaired) electrons. The molecule has 0 atom stereocenters. The number of hydrogen-bond donors (Lipinski definition) is 2. The minimum absolute atomic E-state index is 0.107. The average Bonchev–Trinajstić information content (AvgIpc) is 2.49. The standard InChI is InChI=1S/C18H21BrN2O/c1-14-3-2-4-16(13-14)10-12-21-18(22)20-11-9-15-5-7-17(19)8-6-15/h2-8,13H,9-12H2,1H3,(H2,20,21,22). The van der Waals surface area contributed by atoms with Crippen LogP contribution < -0.4 is 10.6 Å². The summed E-state index contributed by atoms with van der Waals surface area (Å²) in [5, 5.41) is 5.77. The van der Waals surface area contributed by atoms with Crippen molar-refractivity contribution in [3.63, 3.8) is 0 Å². The third-order valence-electron chi connectivity index (χ3n) is 3.39. The monoisotopic (exact) mass is 360 g/mol. The van der Waals surface area contributed by atoms with Gasteiger partial charge in [-0.25, -0.2) is 4.79 Å². The van der Waals surface area contributed by atoms with Gasteiger partial charge in [0.2, 0.25) is 0 Å². The van der Waals surface area contributed by atoms with Crippen LogP contribution in [0, 0.1) is 6.92 Å². The van der Waals surface area contributed by atoms with Gasteiger partial charge in [-0.1, -0.05) is 57.9 Å². The molecule has 2 aromatic carbocycles. The van der Waals surface area contributed by atoms with Crippen molar-refractivity contribution in [1.82, 2.24) is 10.6 Å². The van der Waals surface area contributed by atoms with Crippen molar-refractivity contribution in [2.75, 3.05) is 13.1 Å². The number of halogens is 1. The summed E-state index contributed by atoms with van der Waals surface area (Å²) in [6, 6.07) is 16.4. The number of amides is 2. The summed E-state index contributed by atoms with van der Waals surface area (Å²) in [6.07, 6.45) is 1.68. The van der Waals surface area contributed by atoms with Crippen LogP contribution in [0.4, 0.5) is 4.79 Å². The second kappa shape index (κ2) is 8.59. The number of benzene rings is 2. The fourth-order valence-corrected chi connectivity index (χ4v) is 2.49. The van der Waals surface area contributed by atoms with E-state index >= 15 is 0 Å². The predicted molar refractivity (Wildman–Crippen MR) is 94.1 cm³/mol. The Bertz CT molecular complexity index is 611. The molecular formula is C18H21BrN2O. The van der Waals surface area contributed by atoms with Crippen molar-refractivity contribution in [2.24, 2.45) is 0 Å². The Kier molecular flexibility index (Phi) is 6.46. The summed E-state index contributed by atoms with van der Waals surface area (Å²) < 4.78 is 1.07. The zero-order valence-corrected chi connectivity index (χ0v) is 14.3. The Morgan fingerprint density at radius 1 is 0.955 bits per heavy atom. The van der Waals surface area contributed by atoms with Crippen molar-refractivity contribution in [2.45, 2.75) is 19.8 Å². The van der Waals surface area contributed by atoms with E-state index in [4.69, 9.17) is 0 Å². The molecule has 0 spiro atoms. The van der Waals surface area contributed by atoms with Gasteiger partial charge in [-0.2, -0.15) is 0 Å². The molecule has 0 bridgehead atoms. The number of hydrogen-bond acceptors (Lipinski definition) is 1. The molecule has 0 fully saturated rings. The number of carbonyl (C=O) groups is 1. The molecule has 0 saturated heterocycles.